The first-order chi connectivity index (χ1) is 20.8. The van der Waals surface area contributed by atoms with Crippen LogP contribution in [0.4, 0.5) is 4.79 Å². The Hall–Kier alpha value is -4.90. The Balaban J connectivity index is 1.39. The summed E-state index contributed by atoms with van der Waals surface area (Å²) in [6.07, 6.45) is 6.18. The molecule has 5 rings (SSSR count). The van der Waals surface area contributed by atoms with Crippen LogP contribution in [0.1, 0.15) is 60.2 Å². The van der Waals surface area contributed by atoms with Crippen LogP contribution >= 0.6 is 0 Å². The Morgan fingerprint density at radius 2 is 1.40 bits per heavy atom. The molecule has 0 spiro atoms. The van der Waals surface area contributed by atoms with Gasteiger partial charge >= 0.3 is 6.09 Å². The molecule has 0 saturated heterocycles. The van der Waals surface area contributed by atoms with Crippen LogP contribution in [-0.2, 0) is 4.74 Å². The maximum atomic E-state index is 13.7. The predicted molar refractivity (Wildman–Crippen MR) is 174 cm³/mol. The van der Waals surface area contributed by atoms with Crippen molar-refractivity contribution in [2.45, 2.75) is 38.7 Å². The van der Waals surface area contributed by atoms with Gasteiger partial charge in [-0.25, -0.2) is 4.79 Å². The van der Waals surface area contributed by atoms with Crippen LogP contribution in [0.25, 0.3) is 17.0 Å². The largest absolute Gasteiger partial charge is 0.443 e. The fraction of sp³-hybridized carbons (Fsp3) is 0.211. The molecule has 0 saturated carbocycles. The molecule has 1 amide bonds. The summed E-state index contributed by atoms with van der Waals surface area (Å²) in [6.45, 7) is 6.61. The van der Waals surface area contributed by atoms with Crippen LogP contribution in [0.5, 0.6) is 0 Å². The van der Waals surface area contributed by atoms with Crippen molar-refractivity contribution in [1.82, 2.24) is 9.47 Å². The van der Waals surface area contributed by atoms with Crippen molar-refractivity contribution in [3.63, 3.8) is 0 Å². The second kappa shape index (κ2) is 13.4. The third-order valence-corrected chi connectivity index (χ3v) is 7.38. The molecular weight excluding hydrogens is 532 g/mol. The van der Waals surface area contributed by atoms with Crippen molar-refractivity contribution in [3.8, 4) is 0 Å². The van der Waals surface area contributed by atoms with Gasteiger partial charge in [0.25, 0.3) is 5.91 Å². The van der Waals surface area contributed by atoms with Gasteiger partial charge in [0.15, 0.2) is 0 Å². The van der Waals surface area contributed by atoms with Gasteiger partial charge in [-0.15, -0.1) is 0 Å². The van der Waals surface area contributed by atoms with Gasteiger partial charge in [-0.05, 0) is 68.1 Å². The van der Waals surface area contributed by atoms with Crippen LogP contribution in [0.3, 0.4) is 0 Å². The van der Waals surface area contributed by atoms with E-state index in [4.69, 9.17) is 4.74 Å². The lowest BCUT2D eigenvalue weighted by Gasteiger charge is -2.25. The van der Waals surface area contributed by atoms with Gasteiger partial charge < -0.3 is 9.64 Å². The molecule has 0 unspecified atom stereocenters. The zero-order valence-corrected chi connectivity index (χ0v) is 25.0. The monoisotopic (exact) mass is 570 g/mol. The molecule has 4 aromatic carbocycles. The fourth-order valence-electron chi connectivity index (χ4n) is 5.33. The number of benzene rings is 4. The SMILES string of the molecule is CC(C)(C)OC(=O)n1ccc2c(/C=C/CN(CCC(c3ccccc3)c3ccccc3)C(=O)c3ccccc3)cccc21. The Morgan fingerprint density at radius 1 is 0.791 bits per heavy atom. The summed E-state index contributed by atoms with van der Waals surface area (Å²) in [4.78, 5) is 28.4. The molecule has 5 nitrogen and oxygen atoms in total. The first-order valence-corrected chi connectivity index (χ1v) is 14.7. The highest BCUT2D eigenvalue weighted by Crippen LogP contribution is 2.29. The van der Waals surface area contributed by atoms with E-state index in [9.17, 15) is 9.59 Å². The van der Waals surface area contributed by atoms with Crippen molar-refractivity contribution < 1.29 is 14.3 Å². The van der Waals surface area contributed by atoms with E-state index < -0.39 is 11.7 Å². The van der Waals surface area contributed by atoms with Crippen LogP contribution in [0.2, 0.25) is 0 Å². The number of amides is 1. The molecule has 218 valence electrons. The quantitative estimate of drug-likeness (QED) is 0.178. The number of hydrogen-bond acceptors (Lipinski definition) is 3. The molecular formula is C38H38N2O3. The molecule has 0 N–H and O–H groups in total. The van der Waals surface area contributed by atoms with E-state index >= 15 is 0 Å². The molecule has 0 fully saturated rings. The number of rotatable bonds is 9. The van der Waals surface area contributed by atoms with Crippen molar-refractivity contribution in [1.29, 1.82) is 0 Å². The van der Waals surface area contributed by atoms with Gasteiger partial charge in [-0.2, -0.15) is 0 Å². The second-order valence-electron chi connectivity index (χ2n) is 11.6. The predicted octanol–water partition coefficient (Wildman–Crippen LogP) is 8.80. The van der Waals surface area contributed by atoms with Gasteiger partial charge in [0.05, 0.1) is 5.52 Å². The summed E-state index contributed by atoms with van der Waals surface area (Å²) in [5, 5.41) is 0.943. The maximum absolute atomic E-state index is 13.7. The molecule has 0 aliphatic carbocycles. The van der Waals surface area contributed by atoms with E-state index in [1.165, 1.54) is 15.7 Å². The van der Waals surface area contributed by atoms with Crippen molar-refractivity contribution in [3.05, 3.63) is 150 Å². The molecule has 5 aromatic rings. The Morgan fingerprint density at radius 3 is 2.00 bits per heavy atom. The summed E-state index contributed by atoms with van der Waals surface area (Å²) in [5.74, 6) is 0.165. The summed E-state index contributed by atoms with van der Waals surface area (Å²) in [5.41, 5.74) is 4.30. The molecule has 0 aliphatic rings. The smallest absolute Gasteiger partial charge is 0.418 e. The number of fused-ring (bicyclic) bond motifs is 1. The lowest BCUT2D eigenvalue weighted by molar-refractivity contribution is 0.0544. The van der Waals surface area contributed by atoms with E-state index in [0.29, 0.717) is 18.7 Å². The van der Waals surface area contributed by atoms with Gasteiger partial charge in [-0.1, -0.05) is 103 Å². The lowest BCUT2D eigenvalue weighted by atomic mass is 9.88. The minimum absolute atomic E-state index is 0.000546. The molecule has 5 heteroatoms. The molecule has 0 bridgehead atoms. The van der Waals surface area contributed by atoms with E-state index in [1.807, 2.05) is 105 Å². The number of hydrogen-bond donors (Lipinski definition) is 0. The van der Waals surface area contributed by atoms with Crippen molar-refractivity contribution in [2.75, 3.05) is 13.1 Å². The number of aromatic nitrogens is 1. The molecule has 1 heterocycles. The average Bonchev–Trinajstić information content (AvgIpc) is 3.46. The first kappa shape index (κ1) is 29.6. The zero-order valence-electron chi connectivity index (χ0n) is 25.0. The standard InChI is InChI=1S/C38H38N2O3/c1-38(2,3)43-37(42)40-28-25-34-31(21-13-23-35(34)40)22-14-26-39(36(41)32-19-11-6-12-20-32)27-24-33(29-15-7-4-8-16-29)30-17-9-5-10-18-30/h4-23,25,28,33H,24,26-27H2,1-3H3/b22-14+. The van der Waals surface area contributed by atoms with Crippen LogP contribution < -0.4 is 0 Å². The fourth-order valence-corrected chi connectivity index (χ4v) is 5.33. The van der Waals surface area contributed by atoms with Crippen LogP contribution in [0, 0.1) is 0 Å². The van der Waals surface area contributed by atoms with Gasteiger partial charge in [0.2, 0.25) is 0 Å². The Labute approximate surface area is 254 Å². The van der Waals surface area contributed by atoms with E-state index in [1.54, 1.807) is 6.20 Å². The topological polar surface area (TPSA) is 51.5 Å². The van der Waals surface area contributed by atoms with E-state index in [2.05, 4.69) is 48.5 Å². The van der Waals surface area contributed by atoms with Crippen LogP contribution in [-0.4, -0.2) is 40.2 Å². The normalized spacial score (nSPS) is 11.7. The van der Waals surface area contributed by atoms with Gasteiger partial charge in [0, 0.05) is 36.2 Å². The number of nitrogens with zero attached hydrogens (tertiary/aromatic N) is 2. The minimum Gasteiger partial charge on any atom is -0.443 e. The summed E-state index contributed by atoms with van der Waals surface area (Å²) < 4.78 is 7.12. The molecule has 1 aromatic heterocycles. The summed E-state index contributed by atoms with van der Waals surface area (Å²) in [7, 11) is 0. The van der Waals surface area contributed by atoms with Crippen LogP contribution in [0.15, 0.2) is 128 Å². The third kappa shape index (κ3) is 7.49. The highest BCUT2D eigenvalue weighted by molar-refractivity contribution is 5.95. The lowest BCUT2D eigenvalue weighted by Crippen LogP contribution is -2.33. The Kier molecular flexibility index (Phi) is 9.21. The maximum Gasteiger partial charge on any atom is 0.418 e. The molecule has 0 atom stereocenters. The van der Waals surface area contributed by atoms with Gasteiger partial charge in [-0.3, -0.25) is 9.36 Å². The molecule has 0 radical (unpaired) electrons. The number of carbonyl (C=O) groups excluding carboxylic acids is 2. The Bertz CT molecular complexity index is 1640. The summed E-state index contributed by atoms with van der Waals surface area (Å²) >= 11 is 0. The number of ether oxygens (including phenoxy) is 1. The minimum atomic E-state index is -0.583. The first-order valence-electron chi connectivity index (χ1n) is 14.7. The van der Waals surface area contributed by atoms with Gasteiger partial charge in [0.1, 0.15) is 5.60 Å². The highest BCUT2D eigenvalue weighted by Gasteiger charge is 2.21. The highest BCUT2D eigenvalue weighted by atomic mass is 16.6. The average molecular weight is 571 g/mol. The number of carbonyl (C=O) groups is 2. The van der Waals surface area contributed by atoms with E-state index in [0.717, 1.165) is 22.9 Å². The zero-order chi connectivity index (χ0) is 30.2. The van der Waals surface area contributed by atoms with E-state index in [-0.39, 0.29) is 11.8 Å². The molecule has 0 aliphatic heterocycles. The third-order valence-electron chi connectivity index (χ3n) is 7.38. The second-order valence-corrected chi connectivity index (χ2v) is 11.6. The van der Waals surface area contributed by atoms with Crippen molar-refractivity contribution in [2.24, 2.45) is 0 Å². The molecule has 43 heavy (non-hydrogen) atoms. The summed E-state index contributed by atoms with van der Waals surface area (Å²) in [6, 6.07) is 38.2. The van der Waals surface area contributed by atoms with Crippen molar-refractivity contribution >= 4 is 29.0 Å².